The van der Waals surface area contributed by atoms with Crippen LogP contribution in [0.5, 0.6) is 0 Å². The van der Waals surface area contributed by atoms with Crippen molar-refractivity contribution in [2.24, 2.45) is 0 Å². The van der Waals surface area contributed by atoms with E-state index in [0.717, 1.165) is 18.4 Å². The zero-order valence-electron chi connectivity index (χ0n) is 11.0. The first-order valence-electron chi connectivity index (χ1n) is 6.57. The lowest BCUT2D eigenvalue weighted by molar-refractivity contribution is 0.0934. The first kappa shape index (κ1) is 13.3. The fourth-order valence-electron chi connectivity index (χ4n) is 2.04. The van der Waals surface area contributed by atoms with Crippen molar-refractivity contribution in [2.75, 3.05) is 0 Å². The zero-order valence-corrected chi connectivity index (χ0v) is 11.0. The summed E-state index contributed by atoms with van der Waals surface area (Å²) in [4.78, 5) is 16.1. The second kappa shape index (κ2) is 6.69. The molecule has 2 aromatic rings. The normalized spacial score (nSPS) is 11.8. The monoisotopic (exact) mass is 254 g/mol. The summed E-state index contributed by atoms with van der Waals surface area (Å²) >= 11 is 0. The molecule has 1 amide bonds. The van der Waals surface area contributed by atoms with Crippen LogP contribution in [-0.4, -0.2) is 10.9 Å². The second-order valence-corrected chi connectivity index (χ2v) is 4.46. The lowest BCUT2D eigenvalue weighted by Gasteiger charge is -2.18. The fraction of sp³-hybridized carbons (Fsp3) is 0.250. The van der Waals surface area contributed by atoms with Crippen molar-refractivity contribution in [2.45, 2.75) is 25.8 Å². The van der Waals surface area contributed by atoms with Crippen molar-refractivity contribution in [1.29, 1.82) is 0 Å². The molecule has 0 aliphatic rings. The second-order valence-electron chi connectivity index (χ2n) is 4.46. The third-order valence-electron chi connectivity index (χ3n) is 3.03. The Morgan fingerprint density at radius 1 is 1.16 bits per heavy atom. The van der Waals surface area contributed by atoms with Gasteiger partial charge < -0.3 is 5.32 Å². The zero-order chi connectivity index (χ0) is 13.5. The summed E-state index contributed by atoms with van der Waals surface area (Å²) in [5.74, 6) is -0.0512. The molecule has 0 bridgehead atoms. The summed E-state index contributed by atoms with van der Waals surface area (Å²) in [5.41, 5.74) is 1.79. The molecule has 0 spiro atoms. The number of hydrogen-bond acceptors (Lipinski definition) is 2. The fourth-order valence-corrected chi connectivity index (χ4v) is 2.04. The molecule has 0 saturated carbocycles. The summed E-state index contributed by atoms with van der Waals surface area (Å²) < 4.78 is 0. The highest BCUT2D eigenvalue weighted by Gasteiger charge is 2.14. The van der Waals surface area contributed by atoms with Crippen LogP contribution in [0.3, 0.4) is 0 Å². The smallest absolute Gasteiger partial charge is 0.251 e. The Kier molecular flexibility index (Phi) is 4.67. The number of amides is 1. The topological polar surface area (TPSA) is 42.0 Å². The number of carbonyl (C=O) groups is 1. The highest BCUT2D eigenvalue weighted by atomic mass is 16.1. The van der Waals surface area contributed by atoms with Crippen molar-refractivity contribution in [3.05, 3.63) is 66.0 Å². The van der Waals surface area contributed by atoms with E-state index >= 15 is 0 Å². The molecule has 0 radical (unpaired) electrons. The van der Waals surface area contributed by atoms with E-state index in [1.54, 1.807) is 24.5 Å². The van der Waals surface area contributed by atoms with Crippen LogP contribution in [0.25, 0.3) is 0 Å². The van der Waals surface area contributed by atoms with Gasteiger partial charge in [0.2, 0.25) is 0 Å². The van der Waals surface area contributed by atoms with Gasteiger partial charge in [0, 0.05) is 18.0 Å². The third-order valence-corrected chi connectivity index (χ3v) is 3.03. The largest absolute Gasteiger partial charge is 0.345 e. The van der Waals surface area contributed by atoms with Gasteiger partial charge in [0.15, 0.2) is 0 Å². The Morgan fingerprint density at radius 2 is 1.84 bits per heavy atom. The predicted molar refractivity (Wildman–Crippen MR) is 75.8 cm³/mol. The van der Waals surface area contributed by atoms with Crippen LogP contribution in [0.4, 0.5) is 0 Å². The first-order chi connectivity index (χ1) is 9.31. The lowest BCUT2D eigenvalue weighted by atomic mass is 10.0. The van der Waals surface area contributed by atoms with Crippen molar-refractivity contribution in [1.82, 2.24) is 10.3 Å². The van der Waals surface area contributed by atoms with Crippen molar-refractivity contribution in [3.63, 3.8) is 0 Å². The van der Waals surface area contributed by atoms with Gasteiger partial charge >= 0.3 is 0 Å². The molecule has 0 aliphatic carbocycles. The third kappa shape index (κ3) is 3.65. The van der Waals surface area contributed by atoms with Crippen LogP contribution in [0.2, 0.25) is 0 Å². The number of pyridine rings is 1. The van der Waals surface area contributed by atoms with Gasteiger partial charge in [0.1, 0.15) is 0 Å². The van der Waals surface area contributed by atoms with E-state index in [9.17, 15) is 4.79 Å². The summed E-state index contributed by atoms with van der Waals surface area (Å²) in [6, 6.07) is 13.6. The standard InChI is InChI=1S/C16H18N2O/c1-2-6-15(13-7-4-3-5-8-13)18-16(19)14-9-11-17-12-10-14/h3-5,7-12,15H,2,6H2,1H3,(H,18,19). The molecule has 1 aromatic carbocycles. The van der Waals surface area contributed by atoms with Crippen LogP contribution in [-0.2, 0) is 0 Å². The van der Waals surface area contributed by atoms with E-state index in [0.29, 0.717) is 5.56 Å². The lowest BCUT2D eigenvalue weighted by Crippen LogP contribution is -2.28. The highest BCUT2D eigenvalue weighted by molar-refractivity contribution is 5.94. The number of rotatable bonds is 5. The van der Waals surface area contributed by atoms with E-state index < -0.39 is 0 Å². The van der Waals surface area contributed by atoms with Gasteiger partial charge in [-0.3, -0.25) is 9.78 Å². The molecule has 1 heterocycles. The Morgan fingerprint density at radius 3 is 2.47 bits per heavy atom. The van der Waals surface area contributed by atoms with E-state index in [2.05, 4.69) is 17.2 Å². The Labute approximate surface area is 113 Å². The Bertz CT molecular complexity index is 511. The number of hydrogen-bond donors (Lipinski definition) is 1. The van der Waals surface area contributed by atoms with Crippen molar-refractivity contribution in [3.8, 4) is 0 Å². The van der Waals surface area contributed by atoms with Crippen molar-refractivity contribution < 1.29 is 4.79 Å². The number of nitrogens with one attached hydrogen (secondary N) is 1. The Hall–Kier alpha value is -2.16. The van der Waals surface area contributed by atoms with Crippen LogP contribution >= 0.6 is 0 Å². The quantitative estimate of drug-likeness (QED) is 0.889. The van der Waals surface area contributed by atoms with E-state index in [1.165, 1.54) is 0 Å². The molecule has 0 aliphatic heterocycles. The van der Waals surface area contributed by atoms with Gasteiger partial charge in [-0.2, -0.15) is 0 Å². The van der Waals surface area contributed by atoms with Crippen LogP contribution in [0.15, 0.2) is 54.9 Å². The Balaban J connectivity index is 2.11. The summed E-state index contributed by atoms with van der Waals surface area (Å²) in [6.45, 7) is 2.12. The summed E-state index contributed by atoms with van der Waals surface area (Å²) in [6.07, 6.45) is 5.22. The number of aromatic nitrogens is 1. The average Bonchev–Trinajstić information content (AvgIpc) is 2.48. The van der Waals surface area contributed by atoms with Crippen LogP contribution in [0.1, 0.15) is 41.7 Å². The predicted octanol–water partition coefficient (Wildman–Crippen LogP) is 3.35. The maximum atomic E-state index is 12.2. The highest BCUT2D eigenvalue weighted by Crippen LogP contribution is 2.18. The van der Waals surface area contributed by atoms with E-state index in [-0.39, 0.29) is 11.9 Å². The molecular weight excluding hydrogens is 236 g/mol. The maximum absolute atomic E-state index is 12.2. The van der Waals surface area contributed by atoms with Gasteiger partial charge in [-0.05, 0) is 24.1 Å². The van der Waals surface area contributed by atoms with E-state index in [4.69, 9.17) is 0 Å². The molecule has 0 saturated heterocycles. The number of benzene rings is 1. The van der Waals surface area contributed by atoms with Gasteiger partial charge in [0.25, 0.3) is 5.91 Å². The van der Waals surface area contributed by atoms with E-state index in [1.807, 2.05) is 30.3 Å². The first-order valence-corrected chi connectivity index (χ1v) is 6.57. The number of carbonyl (C=O) groups excluding carboxylic acids is 1. The molecule has 2 rings (SSSR count). The molecule has 19 heavy (non-hydrogen) atoms. The number of nitrogens with zero attached hydrogens (tertiary/aromatic N) is 1. The van der Waals surface area contributed by atoms with Gasteiger partial charge in [-0.1, -0.05) is 43.7 Å². The maximum Gasteiger partial charge on any atom is 0.251 e. The minimum atomic E-state index is -0.0512. The molecule has 98 valence electrons. The van der Waals surface area contributed by atoms with Crippen LogP contribution < -0.4 is 5.32 Å². The molecule has 0 fully saturated rings. The average molecular weight is 254 g/mol. The molecule has 1 aromatic heterocycles. The minimum absolute atomic E-state index is 0.0512. The molecular formula is C16H18N2O. The van der Waals surface area contributed by atoms with Gasteiger partial charge in [-0.25, -0.2) is 0 Å². The molecule has 3 nitrogen and oxygen atoms in total. The van der Waals surface area contributed by atoms with Crippen LogP contribution in [0, 0.1) is 0 Å². The van der Waals surface area contributed by atoms with Crippen molar-refractivity contribution >= 4 is 5.91 Å². The molecule has 1 N–H and O–H groups in total. The molecule has 3 heteroatoms. The summed E-state index contributed by atoms with van der Waals surface area (Å²) in [5, 5.41) is 3.08. The SMILES string of the molecule is CCCC(NC(=O)c1ccncc1)c1ccccc1. The van der Waals surface area contributed by atoms with Gasteiger partial charge in [-0.15, -0.1) is 0 Å². The van der Waals surface area contributed by atoms with Gasteiger partial charge in [0.05, 0.1) is 6.04 Å². The summed E-state index contributed by atoms with van der Waals surface area (Å²) in [7, 11) is 0. The minimum Gasteiger partial charge on any atom is -0.345 e. The molecule has 1 unspecified atom stereocenters. The molecule has 1 atom stereocenters.